The molecule has 0 radical (unpaired) electrons. The SMILES string of the molecule is C=C(C(C)=N/C(F)=C\C)[C@H](Nc1cc(C#N)c2ncc(C#N)c(NCC(C)(C)C(F)(F)F)c2c1)C1=CN(C2(C(F)(F)F)CC2)NN1. The van der Waals surface area contributed by atoms with E-state index in [0.717, 1.165) is 31.1 Å². The number of benzene rings is 1. The second kappa shape index (κ2) is 12.2. The van der Waals surface area contributed by atoms with E-state index in [-0.39, 0.29) is 63.2 Å². The van der Waals surface area contributed by atoms with E-state index in [9.17, 15) is 41.3 Å². The van der Waals surface area contributed by atoms with Gasteiger partial charge >= 0.3 is 12.4 Å². The molecule has 4 rings (SSSR count). The average Bonchev–Trinajstić information content (AvgIpc) is 3.68. The van der Waals surface area contributed by atoms with Crippen LogP contribution in [0.5, 0.6) is 0 Å². The normalized spacial score (nSPS) is 17.5. The van der Waals surface area contributed by atoms with E-state index in [1.807, 2.05) is 12.1 Å². The molecule has 1 aliphatic carbocycles. The molecule has 0 bridgehead atoms. The molecule has 0 saturated heterocycles. The predicted molar refractivity (Wildman–Crippen MR) is 158 cm³/mol. The van der Waals surface area contributed by atoms with Crippen LogP contribution in [0.2, 0.25) is 0 Å². The maximum Gasteiger partial charge on any atom is 0.413 e. The second-order valence-corrected chi connectivity index (χ2v) is 11.6. The van der Waals surface area contributed by atoms with Gasteiger partial charge in [0.05, 0.1) is 39.5 Å². The van der Waals surface area contributed by atoms with Gasteiger partial charge in [-0.05, 0) is 64.3 Å². The number of anilines is 2. The molecule has 1 aliphatic heterocycles. The first kappa shape index (κ1) is 34.1. The van der Waals surface area contributed by atoms with Gasteiger partial charge in [0.2, 0.25) is 5.95 Å². The third-order valence-electron chi connectivity index (χ3n) is 7.94. The minimum Gasteiger partial charge on any atom is -0.382 e. The molecule has 2 aliphatic rings. The largest absolute Gasteiger partial charge is 0.413 e. The number of nitrogens with one attached hydrogen (secondary N) is 4. The molecule has 0 unspecified atom stereocenters. The van der Waals surface area contributed by atoms with Gasteiger partial charge in [0, 0.05) is 35.7 Å². The second-order valence-electron chi connectivity index (χ2n) is 11.6. The fourth-order valence-corrected chi connectivity index (χ4v) is 4.67. The average molecular weight is 650 g/mol. The lowest BCUT2D eigenvalue weighted by atomic mass is 9.92. The lowest BCUT2D eigenvalue weighted by molar-refractivity contribution is -0.206. The van der Waals surface area contributed by atoms with Crippen LogP contribution < -0.4 is 21.6 Å². The predicted octanol–water partition coefficient (Wildman–Crippen LogP) is 6.87. The van der Waals surface area contributed by atoms with Crippen LogP contribution in [-0.2, 0) is 0 Å². The summed E-state index contributed by atoms with van der Waals surface area (Å²) in [5, 5.41) is 26.5. The molecule has 0 spiro atoms. The van der Waals surface area contributed by atoms with E-state index in [1.165, 1.54) is 32.2 Å². The zero-order valence-corrected chi connectivity index (χ0v) is 25.2. The van der Waals surface area contributed by atoms with Gasteiger partial charge in [0.25, 0.3) is 0 Å². The fourth-order valence-electron chi connectivity index (χ4n) is 4.67. The highest BCUT2D eigenvalue weighted by Gasteiger charge is 2.67. The molecular weight excluding hydrogens is 619 g/mol. The summed E-state index contributed by atoms with van der Waals surface area (Å²) >= 11 is 0. The van der Waals surface area contributed by atoms with Gasteiger partial charge in [-0.15, -0.1) is 5.53 Å². The van der Waals surface area contributed by atoms with Crippen molar-refractivity contribution < 1.29 is 30.7 Å². The Morgan fingerprint density at radius 3 is 2.37 bits per heavy atom. The third-order valence-corrected chi connectivity index (χ3v) is 7.94. The van der Waals surface area contributed by atoms with E-state index in [0.29, 0.717) is 0 Å². The summed E-state index contributed by atoms with van der Waals surface area (Å²) in [6, 6.07) is 5.61. The Morgan fingerprint density at radius 2 is 1.83 bits per heavy atom. The molecule has 9 nitrogen and oxygen atoms in total. The number of hydrazine groups is 2. The Balaban J connectivity index is 1.82. The quantitative estimate of drug-likeness (QED) is 0.125. The van der Waals surface area contributed by atoms with Gasteiger partial charge in [-0.1, -0.05) is 6.58 Å². The number of nitrogens with zero attached hydrogens (tertiary/aromatic N) is 5. The third kappa shape index (κ3) is 6.44. The van der Waals surface area contributed by atoms with E-state index in [4.69, 9.17) is 0 Å². The van der Waals surface area contributed by atoms with Crippen molar-refractivity contribution in [3.8, 4) is 12.1 Å². The summed E-state index contributed by atoms with van der Waals surface area (Å²) in [6.07, 6.45) is -5.96. The van der Waals surface area contributed by atoms with E-state index in [1.54, 1.807) is 0 Å². The highest BCUT2D eigenvalue weighted by Crippen LogP contribution is 2.53. The van der Waals surface area contributed by atoms with Gasteiger partial charge in [0.15, 0.2) is 5.54 Å². The van der Waals surface area contributed by atoms with E-state index in [2.05, 4.69) is 38.1 Å². The van der Waals surface area contributed by atoms with Crippen molar-refractivity contribution in [1.82, 2.24) is 21.0 Å². The molecule has 46 heavy (non-hydrogen) atoms. The van der Waals surface area contributed by atoms with Crippen molar-refractivity contribution in [3.05, 3.63) is 65.5 Å². The maximum atomic E-state index is 14.1. The van der Waals surface area contributed by atoms with Crippen molar-refractivity contribution in [2.24, 2.45) is 10.4 Å². The van der Waals surface area contributed by atoms with Crippen molar-refractivity contribution in [2.45, 2.75) is 64.5 Å². The molecule has 1 aromatic heterocycles. The Bertz CT molecular complexity index is 1720. The molecule has 244 valence electrons. The van der Waals surface area contributed by atoms with Crippen LogP contribution in [0.3, 0.4) is 0 Å². The van der Waals surface area contributed by atoms with Crippen LogP contribution in [0.25, 0.3) is 10.9 Å². The molecule has 0 amide bonds. The highest BCUT2D eigenvalue weighted by molar-refractivity contribution is 6.01. The number of hydrogen-bond acceptors (Lipinski definition) is 9. The lowest BCUT2D eigenvalue weighted by Gasteiger charge is -2.29. The van der Waals surface area contributed by atoms with Crippen LogP contribution in [0, 0.1) is 28.1 Å². The number of allylic oxidation sites excluding steroid dienone is 1. The summed E-state index contributed by atoms with van der Waals surface area (Å²) in [7, 11) is 0. The summed E-state index contributed by atoms with van der Waals surface area (Å²) in [4.78, 5) is 8.02. The lowest BCUT2D eigenvalue weighted by Crippen LogP contribution is -2.52. The Morgan fingerprint density at radius 1 is 1.17 bits per heavy atom. The van der Waals surface area contributed by atoms with Crippen LogP contribution in [0.1, 0.15) is 51.7 Å². The number of aromatic nitrogens is 1. The van der Waals surface area contributed by atoms with Gasteiger partial charge in [-0.2, -0.15) is 41.3 Å². The fraction of sp³-hybridized carbons (Fsp3) is 0.400. The standard InChI is InChI=1S/C30H30F7N9/c1-6-23(31)42-17(3)16(2)24(22-14-46(45-44-22)28(7-8-28)30(35,36)37)43-20-9-18(11-38)25-21(10-20)26(19(12-39)13-40-25)41-15-27(4,5)29(32,33)34/h6,9-10,13-14,24,43-45H,2,7-8,15H2,1,3-5H3,(H,40,41)/b23-6-,42-17?/t24-/m0/s1. The number of alkyl halides is 6. The number of hydrogen-bond donors (Lipinski definition) is 4. The van der Waals surface area contributed by atoms with E-state index < -0.39 is 41.8 Å². The molecule has 2 aromatic rings. The molecule has 1 aromatic carbocycles. The van der Waals surface area contributed by atoms with Crippen molar-refractivity contribution >= 4 is 28.0 Å². The number of halogens is 7. The molecule has 1 atom stereocenters. The molecular formula is C30H30F7N9. The number of nitriles is 2. The smallest absolute Gasteiger partial charge is 0.382 e. The topological polar surface area (TPSA) is 124 Å². The zero-order valence-electron chi connectivity index (χ0n) is 25.2. The minimum absolute atomic E-state index is 0.000139. The number of pyridine rings is 1. The van der Waals surface area contributed by atoms with Gasteiger partial charge in [-0.25, -0.2) is 4.99 Å². The van der Waals surface area contributed by atoms with Crippen LogP contribution in [0.15, 0.2) is 59.4 Å². The molecule has 2 heterocycles. The summed E-state index contributed by atoms with van der Waals surface area (Å²) in [6.45, 7) is 8.22. The van der Waals surface area contributed by atoms with Crippen molar-refractivity contribution in [1.29, 1.82) is 10.5 Å². The number of aliphatic imine (C=N–C) groups is 1. The number of fused-ring (bicyclic) bond motifs is 1. The Hall–Kier alpha value is -4.83. The zero-order chi connectivity index (χ0) is 34.2. The highest BCUT2D eigenvalue weighted by atomic mass is 19.4. The first-order chi connectivity index (χ1) is 21.4. The van der Waals surface area contributed by atoms with E-state index >= 15 is 0 Å². The number of rotatable bonds is 10. The monoisotopic (exact) mass is 649 g/mol. The molecule has 16 heteroatoms. The maximum absolute atomic E-state index is 14.1. The Labute approximate surface area is 260 Å². The molecule has 4 N–H and O–H groups in total. The van der Waals surface area contributed by atoms with Crippen molar-refractivity contribution in [2.75, 3.05) is 17.2 Å². The van der Waals surface area contributed by atoms with Gasteiger partial charge < -0.3 is 16.1 Å². The van der Waals surface area contributed by atoms with Gasteiger partial charge in [0.1, 0.15) is 12.1 Å². The van der Waals surface area contributed by atoms with Crippen LogP contribution >= 0.6 is 0 Å². The Kier molecular flexibility index (Phi) is 9.01. The summed E-state index contributed by atoms with van der Waals surface area (Å²) in [5.41, 5.74) is 1.44. The first-order valence-electron chi connectivity index (χ1n) is 13.9. The summed E-state index contributed by atoms with van der Waals surface area (Å²) in [5.74, 6) is -0.829. The minimum atomic E-state index is -4.57. The molecule has 1 saturated carbocycles. The summed E-state index contributed by atoms with van der Waals surface area (Å²) < 4.78 is 96.5. The molecule has 1 fully saturated rings. The van der Waals surface area contributed by atoms with Crippen molar-refractivity contribution in [3.63, 3.8) is 0 Å². The van der Waals surface area contributed by atoms with Gasteiger partial charge in [-0.3, -0.25) is 9.99 Å². The van der Waals surface area contributed by atoms with Crippen LogP contribution in [0.4, 0.5) is 42.1 Å². The van der Waals surface area contributed by atoms with Crippen LogP contribution in [-0.4, -0.2) is 46.2 Å². The first-order valence-corrected chi connectivity index (χ1v) is 13.9.